The highest BCUT2D eigenvalue weighted by Gasteiger charge is 2.29. The summed E-state index contributed by atoms with van der Waals surface area (Å²) in [6, 6.07) is 16.3. The van der Waals surface area contributed by atoms with Gasteiger partial charge in [-0.2, -0.15) is 0 Å². The van der Waals surface area contributed by atoms with E-state index < -0.39 is 18.6 Å². The van der Waals surface area contributed by atoms with Crippen molar-refractivity contribution in [1.82, 2.24) is 10.6 Å². The number of nitrogens with one attached hydrogen (secondary N) is 2. The van der Waals surface area contributed by atoms with Crippen molar-refractivity contribution in [3.63, 3.8) is 0 Å². The molecule has 170 valence electrons. The van der Waals surface area contributed by atoms with Gasteiger partial charge in [0.15, 0.2) is 0 Å². The Morgan fingerprint density at radius 1 is 0.969 bits per heavy atom. The Morgan fingerprint density at radius 2 is 1.56 bits per heavy atom. The Bertz CT molecular complexity index is 927. The van der Waals surface area contributed by atoms with Crippen LogP contribution >= 0.6 is 0 Å². The molecule has 2 aromatic rings. The van der Waals surface area contributed by atoms with Gasteiger partial charge in [-0.3, -0.25) is 9.59 Å². The summed E-state index contributed by atoms with van der Waals surface area (Å²) in [7, 11) is 0. The number of alkyl carbamates (subject to hydrolysis) is 1. The van der Waals surface area contributed by atoms with E-state index in [0.29, 0.717) is 5.92 Å². The van der Waals surface area contributed by atoms with E-state index in [0.717, 1.165) is 17.5 Å². The van der Waals surface area contributed by atoms with Gasteiger partial charge >= 0.3 is 12.1 Å². The standard InChI is InChI=1S/C25H30N2O5/c1-16(2)11-17(12-23(28)26-14-24(29)30)13-27-25(31)32-15-22-20-9-5-3-7-18(20)19-8-4-6-10-21(19)22/h3-10,16-17,22H,11-15H2,1-2H3,(H,26,28)(H,27,31)(H,29,30)/t17-/m0/s1. The van der Waals surface area contributed by atoms with Crippen molar-refractivity contribution >= 4 is 18.0 Å². The number of carbonyl (C=O) groups is 3. The lowest BCUT2D eigenvalue weighted by Gasteiger charge is -2.20. The lowest BCUT2D eigenvalue weighted by molar-refractivity contribution is -0.138. The van der Waals surface area contributed by atoms with Gasteiger partial charge in [-0.1, -0.05) is 62.4 Å². The number of benzene rings is 2. The molecule has 0 saturated carbocycles. The summed E-state index contributed by atoms with van der Waals surface area (Å²) < 4.78 is 5.55. The van der Waals surface area contributed by atoms with E-state index >= 15 is 0 Å². The maximum Gasteiger partial charge on any atom is 0.407 e. The maximum absolute atomic E-state index is 12.4. The second kappa shape index (κ2) is 10.8. The van der Waals surface area contributed by atoms with Gasteiger partial charge in [-0.05, 0) is 40.5 Å². The molecule has 0 radical (unpaired) electrons. The molecule has 7 nitrogen and oxygen atoms in total. The third-order valence-electron chi connectivity index (χ3n) is 5.59. The highest BCUT2D eigenvalue weighted by atomic mass is 16.5. The molecule has 7 heteroatoms. The first-order chi connectivity index (χ1) is 15.3. The Kier molecular flexibility index (Phi) is 7.87. The number of ether oxygens (including phenoxy) is 1. The number of aliphatic carboxylic acids is 1. The van der Waals surface area contributed by atoms with Crippen molar-refractivity contribution in [2.45, 2.75) is 32.6 Å². The fourth-order valence-electron chi connectivity index (χ4n) is 4.29. The van der Waals surface area contributed by atoms with Crippen LogP contribution in [0.1, 0.15) is 43.7 Å². The van der Waals surface area contributed by atoms with Gasteiger partial charge in [0.1, 0.15) is 13.2 Å². The molecule has 1 atom stereocenters. The Balaban J connectivity index is 1.54. The minimum Gasteiger partial charge on any atom is -0.480 e. The van der Waals surface area contributed by atoms with E-state index in [1.165, 1.54) is 11.1 Å². The van der Waals surface area contributed by atoms with E-state index in [9.17, 15) is 14.4 Å². The van der Waals surface area contributed by atoms with Crippen LogP contribution in [0.25, 0.3) is 11.1 Å². The molecule has 3 N–H and O–H groups in total. The van der Waals surface area contributed by atoms with Crippen LogP contribution in [-0.4, -0.2) is 42.8 Å². The minimum absolute atomic E-state index is 0.0126. The van der Waals surface area contributed by atoms with Gasteiger partial charge in [-0.15, -0.1) is 0 Å². The molecule has 0 spiro atoms. The van der Waals surface area contributed by atoms with Crippen molar-refractivity contribution in [1.29, 1.82) is 0 Å². The van der Waals surface area contributed by atoms with Crippen molar-refractivity contribution < 1.29 is 24.2 Å². The predicted molar refractivity (Wildman–Crippen MR) is 121 cm³/mol. The molecule has 0 fully saturated rings. The van der Waals surface area contributed by atoms with Gasteiger partial charge in [0.25, 0.3) is 0 Å². The summed E-state index contributed by atoms with van der Waals surface area (Å²) in [6.07, 6.45) is 0.353. The largest absolute Gasteiger partial charge is 0.480 e. The smallest absolute Gasteiger partial charge is 0.407 e. The van der Waals surface area contributed by atoms with Crippen molar-refractivity contribution in [3.05, 3.63) is 59.7 Å². The molecule has 0 saturated heterocycles. The molecule has 0 bridgehead atoms. The van der Waals surface area contributed by atoms with Crippen LogP contribution in [0.2, 0.25) is 0 Å². The topological polar surface area (TPSA) is 105 Å². The molecule has 1 aliphatic rings. The Labute approximate surface area is 188 Å². The van der Waals surface area contributed by atoms with Crippen molar-refractivity contribution in [2.75, 3.05) is 19.7 Å². The zero-order valence-corrected chi connectivity index (χ0v) is 18.5. The average Bonchev–Trinajstić information content (AvgIpc) is 3.08. The van der Waals surface area contributed by atoms with Gasteiger partial charge < -0.3 is 20.5 Å². The van der Waals surface area contributed by atoms with Crippen LogP contribution in [0.3, 0.4) is 0 Å². The first-order valence-corrected chi connectivity index (χ1v) is 10.9. The van der Waals surface area contributed by atoms with E-state index in [1.54, 1.807) is 0 Å². The number of carboxylic acid groups (broad SMARTS) is 1. The summed E-state index contributed by atoms with van der Waals surface area (Å²) in [5.74, 6) is -1.22. The van der Waals surface area contributed by atoms with E-state index in [4.69, 9.17) is 9.84 Å². The normalized spacial score (nSPS) is 13.2. The monoisotopic (exact) mass is 438 g/mol. The fraction of sp³-hybridized carbons (Fsp3) is 0.400. The summed E-state index contributed by atoms with van der Waals surface area (Å²) in [5, 5.41) is 13.8. The minimum atomic E-state index is -1.09. The molecule has 0 unspecified atom stereocenters. The third-order valence-corrected chi connectivity index (χ3v) is 5.59. The highest BCUT2D eigenvalue weighted by molar-refractivity contribution is 5.81. The van der Waals surface area contributed by atoms with Gasteiger partial charge in [0.2, 0.25) is 5.91 Å². The lowest BCUT2D eigenvalue weighted by Crippen LogP contribution is -2.35. The zero-order chi connectivity index (χ0) is 23.1. The lowest BCUT2D eigenvalue weighted by atomic mass is 9.94. The summed E-state index contributed by atoms with van der Waals surface area (Å²) >= 11 is 0. The summed E-state index contributed by atoms with van der Waals surface area (Å²) in [6.45, 7) is 4.18. The summed E-state index contributed by atoms with van der Waals surface area (Å²) in [5.41, 5.74) is 4.63. The van der Waals surface area contributed by atoms with Crippen LogP contribution < -0.4 is 10.6 Å². The predicted octanol–water partition coefficient (Wildman–Crippen LogP) is 3.78. The molecule has 32 heavy (non-hydrogen) atoms. The van der Waals surface area contributed by atoms with Crippen LogP contribution in [0.4, 0.5) is 4.79 Å². The molecule has 0 aliphatic heterocycles. The van der Waals surface area contributed by atoms with Gasteiger partial charge in [0.05, 0.1) is 0 Å². The molecule has 1 aliphatic carbocycles. The van der Waals surface area contributed by atoms with Crippen LogP contribution in [0.15, 0.2) is 48.5 Å². The van der Waals surface area contributed by atoms with Crippen LogP contribution in [0.5, 0.6) is 0 Å². The average molecular weight is 439 g/mol. The number of hydrogen-bond acceptors (Lipinski definition) is 4. The van der Waals surface area contributed by atoms with Crippen LogP contribution in [-0.2, 0) is 14.3 Å². The number of rotatable bonds is 10. The third kappa shape index (κ3) is 6.09. The quantitative estimate of drug-likeness (QED) is 0.524. The second-order valence-corrected chi connectivity index (χ2v) is 8.58. The number of fused-ring (bicyclic) bond motifs is 3. The van der Waals surface area contributed by atoms with Gasteiger partial charge in [0, 0.05) is 18.9 Å². The van der Waals surface area contributed by atoms with Crippen molar-refractivity contribution in [2.24, 2.45) is 11.8 Å². The molecule has 3 rings (SSSR count). The van der Waals surface area contributed by atoms with E-state index in [-0.39, 0.29) is 37.3 Å². The molecule has 0 heterocycles. The second-order valence-electron chi connectivity index (χ2n) is 8.58. The van der Waals surface area contributed by atoms with E-state index in [2.05, 4.69) is 34.9 Å². The first kappa shape index (κ1) is 23.3. The zero-order valence-electron chi connectivity index (χ0n) is 18.5. The number of carbonyl (C=O) groups excluding carboxylic acids is 2. The molecule has 0 aromatic heterocycles. The SMILES string of the molecule is CC(C)C[C@H](CNC(=O)OCC1c2ccccc2-c2ccccc21)CC(=O)NCC(=O)O. The first-order valence-electron chi connectivity index (χ1n) is 10.9. The number of hydrogen-bond donors (Lipinski definition) is 3. The molecular formula is C25H30N2O5. The van der Waals surface area contributed by atoms with E-state index in [1.807, 2.05) is 38.1 Å². The summed E-state index contributed by atoms with van der Waals surface area (Å²) in [4.78, 5) is 35.0. The van der Waals surface area contributed by atoms with Gasteiger partial charge in [-0.25, -0.2) is 4.79 Å². The Hall–Kier alpha value is -3.35. The highest BCUT2D eigenvalue weighted by Crippen LogP contribution is 2.44. The number of amides is 2. The fourth-order valence-corrected chi connectivity index (χ4v) is 4.29. The van der Waals surface area contributed by atoms with Crippen molar-refractivity contribution in [3.8, 4) is 11.1 Å². The Morgan fingerprint density at radius 3 is 2.12 bits per heavy atom. The molecule has 2 amide bonds. The number of carboxylic acids is 1. The molecule has 2 aromatic carbocycles. The van der Waals surface area contributed by atoms with Crippen LogP contribution in [0, 0.1) is 11.8 Å². The maximum atomic E-state index is 12.4. The molecular weight excluding hydrogens is 408 g/mol.